The third kappa shape index (κ3) is 5.62. The lowest BCUT2D eigenvalue weighted by Crippen LogP contribution is -2.07. The molecular formula is C16H16Cl2O4S3. The van der Waals surface area contributed by atoms with Crippen molar-refractivity contribution in [2.24, 2.45) is 0 Å². The highest BCUT2D eigenvalue weighted by atomic mass is 35.5. The van der Waals surface area contributed by atoms with Gasteiger partial charge in [0, 0.05) is 21.6 Å². The number of hydrogen-bond donors (Lipinski definition) is 0. The Kier molecular flexibility index (Phi) is 7.22. The van der Waals surface area contributed by atoms with E-state index in [4.69, 9.17) is 23.2 Å². The first-order valence-electron chi connectivity index (χ1n) is 7.24. The quantitative estimate of drug-likeness (QED) is 0.585. The largest absolute Gasteiger partial charge is 0.224 e. The molecule has 0 aromatic heterocycles. The summed E-state index contributed by atoms with van der Waals surface area (Å²) in [4.78, 5) is 2.17. The van der Waals surface area contributed by atoms with Crippen LogP contribution in [0.3, 0.4) is 0 Å². The Labute approximate surface area is 162 Å². The van der Waals surface area contributed by atoms with Crippen molar-refractivity contribution in [1.82, 2.24) is 0 Å². The maximum atomic E-state index is 11.9. The Morgan fingerprint density at radius 3 is 1.24 bits per heavy atom. The highest BCUT2D eigenvalue weighted by molar-refractivity contribution is 7.99. The summed E-state index contributed by atoms with van der Waals surface area (Å²) in [7, 11) is -6.69. The number of alkyl halides is 2. The van der Waals surface area contributed by atoms with E-state index in [1.165, 1.54) is 11.8 Å². The van der Waals surface area contributed by atoms with Crippen LogP contribution < -0.4 is 0 Å². The van der Waals surface area contributed by atoms with Gasteiger partial charge in [0.1, 0.15) is 0 Å². The van der Waals surface area contributed by atoms with Crippen molar-refractivity contribution >= 4 is 54.6 Å². The first-order valence-corrected chi connectivity index (χ1v) is 12.4. The number of benzene rings is 2. The van der Waals surface area contributed by atoms with Gasteiger partial charge in [-0.05, 0) is 48.5 Å². The zero-order valence-corrected chi connectivity index (χ0v) is 17.0. The number of hydrogen-bond acceptors (Lipinski definition) is 5. The lowest BCUT2D eigenvalue weighted by Gasteiger charge is -2.06. The molecule has 25 heavy (non-hydrogen) atoms. The maximum Gasteiger partial charge on any atom is 0.179 e. The van der Waals surface area contributed by atoms with Crippen molar-refractivity contribution < 1.29 is 16.8 Å². The molecule has 0 spiro atoms. The van der Waals surface area contributed by atoms with Crippen molar-refractivity contribution in [1.29, 1.82) is 0 Å². The molecule has 2 aromatic carbocycles. The molecule has 0 heterocycles. The molecule has 2 rings (SSSR count). The summed E-state index contributed by atoms with van der Waals surface area (Å²) < 4.78 is 47.7. The van der Waals surface area contributed by atoms with Gasteiger partial charge in [-0.2, -0.15) is 0 Å². The monoisotopic (exact) mass is 438 g/mol. The summed E-state index contributed by atoms with van der Waals surface area (Å²) in [6.07, 6.45) is 0. The van der Waals surface area contributed by atoms with Crippen molar-refractivity contribution in [2.75, 3.05) is 23.3 Å². The van der Waals surface area contributed by atoms with Crippen LogP contribution in [0.4, 0.5) is 0 Å². The summed E-state index contributed by atoms with van der Waals surface area (Å²) in [6, 6.07) is 13.0. The minimum atomic E-state index is -3.35. The second-order valence-corrected chi connectivity index (χ2v) is 11.2. The topological polar surface area (TPSA) is 68.3 Å². The molecule has 9 heteroatoms. The molecule has 0 atom stereocenters. The predicted molar refractivity (Wildman–Crippen MR) is 103 cm³/mol. The van der Waals surface area contributed by atoms with E-state index in [-0.39, 0.29) is 33.1 Å². The van der Waals surface area contributed by atoms with Gasteiger partial charge in [-0.25, -0.2) is 16.8 Å². The van der Waals surface area contributed by atoms with Gasteiger partial charge in [-0.15, -0.1) is 23.2 Å². The van der Waals surface area contributed by atoms with Gasteiger partial charge in [-0.3, -0.25) is 0 Å². The molecule has 2 aromatic rings. The number of rotatable bonds is 8. The van der Waals surface area contributed by atoms with Gasteiger partial charge in [0.05, 0.1) is 21.3 Å². The van der Waals surface area contributed by atoms with Crippen molar-refractivity contribution in [3.63, 3.8) is 0 Å². The lowest BCUT2D eigenvalue weighted by molar-refractivity contribution is 0.595. The maximum absolute atomic E-state index is 11.9. The van der Waals surface area contributed by atoms with E-state index in [1.54, 1.807) is 48.5 Å². The van der Waals surface area contributed by atoms with Crippen LogP contribution in [0.1, 0.15) is 0 Å². The summed E-state index contributed by atoms with van der Waals surface area (Å²) in [5.41, 5.74) is 0. The molecule has 0 bridgehead atoms. The zero-order valence-electron chi connectivity index (χ0n) is 13.1. The second kappa shape index (κ2) is 8.77. The van der Waals surface area contributed by atoms with E-state index in [9.17, 15) is 16.8 Å². The Balaban J connectivity index is 2.13. The van der Waals surface area contributed by atoms with Crippen LogP contribution in [0.15, 0.2) is 68.1 Å². The van der Waals surface area contributed by atoms with Crippen LogP contribution >= 0.6 is 35.0 Å². The molecule has 0 N–H and O–H groups in total. The first kappa shape index (κ1) is 20.6. The molecule has 0 amide bonds. The van der Waals surface area contributed by atoms with Gasteiger partial charge in [0.2, 0.25) is 0 Å². The fourth-order valence-electron chi connectivity index (χ4n) is 2.00. The van der Waals surface area contributed by atoms with Crippen LogP contribution in [0.25, 0.3) is 0 Å². The molecule has 0 aliphatic carbocycles. The second-order valence-electron chi connectivity index (χ2n) is 5.06. The highest BCUT2D eigenvalue weighted by Gasteiger charge is 2.14. The van der Waals surface area contributed by atoms with E-state index < -0.39 is 19.7 Å². The molecule has 0 unspecified atom stereocenters. The summed E-state index contributed by atoms with van der Waals surface area (Å²) in [5, 5.41) is 0. The molecule has 0 saturated carbocycles. The summed E-state index contributed by atoms with van der Waals surface area (Å²) >= 11 is 12.4. The van der Waals surface area contributed by atoms with Gasteiger partial charge in [0.15, 0.2) is 19.7 Å². The Morgan fingerprint density at radius 2 is 0.960 bits per heavy atom. The first-order chi connectivity index (χ1) is 11.8. The third-order valence-corrected chi connectivity index (χ3v) is 8.60. The molecule has 0 aliphatic rings. The lowest BCUT2D eigenvalue weighted by atomic mass is 10.4. The molecule has 0 aliphatic heterocycles. The standard InChI is InChI=1S/C16H16Cl2O4S3/c17-9-11-24(19,20)15-5-1-13(2-6-15)23-14-3-7-16(8-4-14)25(21,22)12-10-18/h1-8H,9-12H2. The Morgan fingerprint density at radius 1 is 0.640 bits per heavy atom. The van der Waals surface area contributed by atoms with E-state index in [2.05, 4.69) is 0 Å². The van der Waals surface area contributed by atoms with Crippen LogP contribution in [0, 0.1) is 0 Å². The van der Waals surface area contributed by atoms with E-state index >= 15 is 0 Å². The zero-order chi connectivity index (χ0) is 18.5. The minimum Gasteiger partial charge on any atom is -0.224 e. The molecule has 4 nitrogen and oxygen atoms in total. The normalized spacial score (nSPS) is 12.2. The van der Waals surface area contributed by atoms with Crippen LogP contribution in [-0.2, 0) is 19.7 Å². The Hall–Kier alpha value is -0.730. The fourth-order valence-corrected chi connectivity index (χ4v) is 6.02. The van der Waals surface area contributed by atoms with Crippen molar-refractivity contribution in [2.45, 2.75) is 19.6 Å². The smallest absolute Gasteiger partial charge is 0.179 e. The van der Waals surface area contributed by atoms with Gasteiger partial charge in [0.25, 0.3) is 0 Å². The molecule has 136 valence electrons. The summed E-state index contributed by atoms with van der Waals surface area (Å²) in [6.45, 7) is 0. The van der Waals surface area contributed by atoms with Gasteiger partial charge < -0.3 is 0 Å². The van der Waals surface area contributed by atoms with Gasteiger partial charge in [-0.1, -0.05) is 11.8 Å². The van der Waals surface area contributed by atoms with Gasteiger partial charge >= 0.3 is 0 Å². The number of halogens is 2. The fraction of sp³-hybridized carbons (Fsp3) is 0.250. The molecular weight excluding hydrogens is 423 g/mol. The van der Waals surface area contributed by atoms with Crippen molar-refractivity contribution in [3.05, 3.63) is 48.5 Å². The SMILES string of the molecule is O=S(=O)(CCCl)c1ccc(Sc2ccc(S(=O)(=O)CCCl)cc2)cc1. The van der Waals surface area contributed by atoms with Crippen LogP contribution in [0.5, 0.6) is 0 Å². The van der Waals surface area contributed by atoms with E-state index in [0.29, 0.717) is 0 Å². The van der Waals surface area contributed by atoms with Crippen LogP contribution in [-0.4, -0.2) is 40.1 Å². The van der Waals surface area contributed by atoms with Crippen LogP contribution in [0.2, 0.25) is 0 Å². The summed E-state index contributed by atoms with van der Waals surface area (Å²) in [5.74, 6) is -0.0891. The van der Waals surface area contributed by atoms with E-state index in [1.807, 2.05) is 0 Å². The average molecular weight is 439 g/mol. The Bertz CT molecular complexity index is 829. The highest BCUT2D eigenvalue weighted by Crippen LogP contribution is 2.29. The molecule has 0 radical (unpaired) electrons. The average Bonchev–Trinajstić information content (AvgIpc) is 2.56. The minimum absolute atomic E-state index is 0.0534. The predicted octanol–water partition coefficient (Wildman–Crippen LogP) is 3.86. The van der Waals surface area contributed by atoms with Crippen molar-refractivity contribution in [3.8, 4) is 0 Å². The molecule has 0 saturated heterocycles. The third-order valence-electron chi connectivity index (χ3n) is 3.29. The number of sulfone groups is 2. The molecule has 0 fully saturated rings. The van der Waals surface area contributed by atoms with E-state index in [0.717, 1.165) is 9.79 Å².